The number of carboxylic acids is 1. The molecule has 27 heavy (non-hydrogen) atoms. The largest absolute Gasteiger partial charge is 0.505 e. The SMILES string of the molecule is O=C(Nc1ccccc1Br)Nc1cccc(-c2cccc(C(=O)O)c2)c1O. The Bertz CT molecular complexity index is 1020. The van der Waals surface area contributed by atoms with Crippen molar-refractivity contribution in [2.75, 3.05) is 10.6 Å². The number of rotatable bonds is 4. The van der Waals surface area contributed by atoms with Gasteiger partial charge in [0, 0.05) is 10.0 Å². The second kappa shape index (κ2) is 7.92. The standard InChI is InChI=1S/C20H15BrN2O4/c21-15-8-1-2-9-16(15)22-20(27)23-17-10-4-7-14(18(17)24)12-5-3-6-13(11-12)19(25)26/h1-11,24H,(H,25,26)(H2,22,23,27). The molecule has 0 heterocycles. The van der Waals surface area contributed by atoms with Gasteiger partial charge in [-0.1, -0.05) is 36.4 Å². The Morgan fingerprint density at radius 3 is 2.26 bits per heavy atom. The van der Waals surface area contributed by atoms with Gasteiger partial charge >= 0.3 is 12.0 Å². The van der Waals surface area contributed by atoms with E-state index in [0.717, 1.165) is 4.47 Å². The van der Waals surface area contributed by atoms with Crippen molar-refractivity contribution < 1.29 is 19.8 Å². The van der Waals surface area contributed by atoms with Crippen molar-refractivity contribution in [2.24, 2.45) is 0 Å². The predicted molar refractivity (Wildman–Crippen MR) is 107 cm³/mol. The van der Waals surface area contributed by atoms with E-state index in [4.69, 9.17) is 5.11 Å². The number of phenols is 1. The predicted octanol–water partition coefficient (Wildman–Crippen LogP) is 5.16. The van der Waals surface area contributed by atoms with Crippen LogP contribution in [0.15, 0.2) is 71.2 Å². The van der Waals surface area contributed by atoms with Crippen molar-refractivity contribution in [3.8, 4) is 16.9 Å². The number of anilines is 2. The summed E-state index contributed by atoms with van der Waals surface area (Å²) < 4.78 is 0.726. The van der Waals surface area contributed by atoms with Gasteiger partial charge in [0.1, 0.15) is 5.75 Å². The molecule has 136 valence electrons. The van der Waals surface area contributed by atoms with Crippen molar-refractivity contribution in [2.45, 2.75) is 0 Å². The molecule has 2 amide bonds. The number of para-hydroxylation sites is 2. The molecule has 0 atom stereocenters. The summed E-state index contributed by atoms with van der Waals surface area (Å²) in [5.74, 6) is -1.21. The van der Waals surface area contributed by atoms with Gasteiger partial charge in [0.25, 0.3) is 0 Å². The van der Waals surface area contributed by atoms with Gasteiger partial charge in [0.2, 0.25) is 0 Å². The Morgan fingerprint density at radius 1 is 0.852 bits per heavy atom. The molecule has 4 N–H and O–H groups in total. The summed E-state index contributed by atoms with van der Waals surface area (Å²) in [7, 11) is 0. The lowest BCUT2D eigenvalue weighted by atomic mass is 10.0. The topological polar surface area (TPSA) is 98.7 Å². The van der Waals surface area contributed by atoms with E-state index in [0.29, 0.717) is 16.8 Å². The zero-order chi connectivity index (χ0) is 19.4. The average Bonchev–Trinajstić information content (AvgIpc) is 2.65. The van der Waals surface area contributed by atoms with Gasteiger partial charge < -0.3 is 20.8 Å². The maximum absolute atomic E-state index is 12.2. The number of hydrogen-bond acceptors (Lipinski definition) is 3. The van der Waals surface area contributed by atoms with Crippen molar-refractivity contribution in [1.82, 2.24) is 0 Å². The third kappa shape index (κ3) is 4.27. The van der Waals surface area contributed by atoms with Gasteiger partial charge in [-0.25, -0.2) is 9.59 Å². The Morgan fingerprint density at radius 2 is 1.52 bits per heavy atom. The molecule has 7 heteroatoms. The van der Waals surface area contributed by atoms with Crippen molar-refractivity contribution in [3.63, 3.8) is 0 Å². The summed E-state index contributed by atoms with van der Waals surface area (Å²) in [6.45, 7) is 0. The van der Waals surface area contributed by atoms with Crippen LogP contribution >= 0.6 is 15.9 Å². The number of hydrogen-bond donors (Lipinski definition) is 4. The fourth-order valence-electron chi connectivity index (χ4n) is 2.54. The minimum absolute atomic E-state index is 0.108. The van der Waals surface area contributed by atoms with Crippen molar-refractivity contribution >= 4 is 39.3 Å². The highest BCUT2D eigenvalue weighted by atomic mass is 79.9. The van der Waals surface area contributed by atoms with Crippen LogP contribution < -0.4 is 10.6 Å². The minimum atomic E-state index is -1.06. The van der Waals surface area contributed by atoms with Crippen LogP contribution in [0.3, 0.4) is 0 Å². The fourth-order valence-corrected chi connectivity index (χ4v) is 2.92. The first-order valence-corrected chi connectivity index (χ1v) is 8.73. The van der Waals surface area contributed by atoms with E-state index in [9.17, 15) is 14.7 Å². The maximum atomic E-state index is 12.2. The van der Waals surface area contributed by atoms with E-state index in [1.807, 2.05) is 6.07 Å². The van der Waals surface area contributed by atoms with Gasteiger partial charge in [-0.3, -0.25) is 0 Å². The Kier molecular flexibility index (Phi) is 5.42. The highest BCUT2D eigenvalue weighted by molar-refractivity contribution is 9.10. The van der Waals surface area contributed by atoms with E-state index < -0.39 is 12.0 Å². The van der Waals surface area contributed by atoms with Crippen LogP contribution in [0.5, 0.6) is 5.75 Å². The molecule has 6 nitrogen and oxygen atoms in total. The molecular formula is C20H15BrN2O4. The molecule has 0 spiro atoms. The number of amides is 2. The molecule has 0 unspecified atom stereocenters. The summed E-state index contributed by atoms with van der Waals surface area (Å²) in [6.07, 6.45) is 0. The van der Waals surface area contributed by atoms with Gasteiger partial charge in [-0.2, -0.15) is 0 Å². The number of carboxylic acid groups (broad SMARTS) is 1. The molecule has 0 aliphatic carbocycles. The smallest absolute Gasteiger partial charge is 0.335 e. The van der Waals surface area contributed by atoms with Crippen LogP contribution in [0.2, 0.25) is 0 Å². The first kappa shape index (κ1) is 18.5. The lowest BCUT2D eigenvalue weighted by Crippen LogP contribution is -2.19. The van der Waals surface area contributed by atoms with Crippen LogP contribution in [-0.2, 0) is 0 Å². The lowest BCUT2D eigenvalue weighted by molar-refractivity contribution is 0.0697. The Balaban J connectivity index is 1.85. The van der Waals surface area contributed by atoms with E-state index >= 15 is 0 Å². The van der Waals surface area contributed by atoms with Crippen LogP contribution in [-0.4, -0.2) is 22.2 Å². The molecule has 0 aromatic heterocycles. The normalized spacial score (nSPS) is 10.3. The number of halogens is 1. The van der Waals surface area contributed by atoms with Gasteiger partial charge in [0.05, 0.1) is 16.9 Å². The first-order valence-electron chi connectivity index (χ1n) is 7.94. The third-order valence-electron chi connectivity index (χ3n) is 3.83. The number of aromatic hydroxyl groups is 1. The molecule has 0 fully saturated rings. The number of aromatic carboxylic acids is 1. The second-order valence-corrected chi connectivity index (χ2v) is 6.50. The number of urea groups is 1. The number of nitrogens with one attached hydrogen (secondary N) is 2. The zero-order valence-corrected chi connectivity index (χ0v) is 15.5. The van der Waals surface area contributed by atoms with Gasteiger partial charge in [0.15, 0.2) is 0 Å². The van der Waals surface area contributed by atoms with Crippen LogP contribution in [0.4, 0.5) is 16.2 Å². The second-order valence-electron chi connectivity index (χ2n) is 5.65. The molecule has 0 radical (unpaired) electrons. The highest BCUT2D eigenvalue weighted by Crippen LogP contribution is 2.36. The summed E-state index contributed by atoms with van der Waals surface area (Å²) in [4.78, 5) is 23.4. The summed E-state index contributed by atoms with van der Waals surface area (Å²) in [5.41, 5.74) is 1.84. The molecule has 0 saturated heterocycles. The minimum Gasteiger partial charge on any atom is -0.505 e. The molecule has 0 saturated carbocycles. The average molecular weight is 427 g/mol. The first-order chi connectivity index (χ1) is 13.0. The van der Waals surface area contributed by atoms with E-state index in [1.165, 1.54) is 12.1 Å². The van der Waals surface area contributed by atoms with Crippen LogP contribution in [0.25, 0.3) is 11.1 Å². The molecule has 3 aromatic rings. The van der Waals surface area contributed by atoms with E-state index in [2.05, 4.69) is 26.6 Å². The van der Waals surface area contributed by atoms with Crippen LogP contribution in [0.1, 0.15) is 10.4 Å². The summed E-state index contributed by atoms with van der Waals surface area (Å²) in [6, 6.07) is 17.7. The quantitative estimate of drug-likeness (QED) is 0.432. The van der Waals surface area contributed by atoms with Crippen molar-refractivity contribution in [3.05, 3.63) is 76.8 Å². The maximum Gasteiger partial charge on any atom is 0.335 e. The monoisotopic (exact) mass is 426 g/mol. The van der Waals surface area contributed by atoms with E-state index in [-0.39, 0.29) is 17.0 Å². The number of benzene rings is 3. The molecule has 0 bridgehead atoms. The Hall–Kier alpha value is -3.32. The zero-order valence-electron chi connectivity index (χ0n) is 13.9. The van der Waals surface area contributed by atoms with Gasteiger partial charge in [-0.05, 0) is 51.8 Å². The summed E-state index contributed by atoms with van der Waals surface area (Å²) in [5, 5.41) is 25.0. The highest BCUT2D eigenvalue weighted by Gasteiger charge is 2.13. The van der Waals surface area contributed by atoms with Crippen LogP contribution in [0, 0.1) is 0 Å². The Labute approximate surface area is 163 Å². The fraction of sp³-hybridized carbons (Fsp3) is 0. The lowest BCUT2D eigenvalue weighted by Gasteiger charge is -2.13. The molecule has 3 rings (SSSR count). The molecule has 0 aliphatic heterocycles. The van der Waals surface area contributed by atoms with Crippen molar-refractivity contribution in [1.29, 1.82) is 0 Å². The molecular weight excluding hydrogens is 412 g/mol. The molecule has 3 aromatic carbocycles. The number of carbonyl (C=O) groups excluding carboxylic acids is 1. The number of phenolic OH excluding ortho intramolecular Hbond substituents is 1. The molecule has 0 aliphatic rings. The number of carbonyl (C=O) groups is 2. The summed E-state index contributed by atoms with van der Waals surface area (Å²) >= 11 is 3.35. The van der Waals surface area contributed by atoms with E-state index in [1.54, 1.807) is 48.5 Å². The third-order valence-corrected chi connectivity index (χ3v) is 4.52. The van der Waals surface area contributed by atoms with Gasteiger partial charge in [-0.15, -0.1) is 0 Å².